The van der Waals surface area contributed by atoms with Crippen LogP contribution in [0.3, 0.4) is 0 Å². The zero-order chi connectivity index (χ0) is 74.5. The number of aromatic nitrogens is 3. The normalized spacial score (nSPS) is 21.7. The number of rotatable bonds is 32. The molecule has 4 fully saturated rings. The topological polar surface area (TPSA) is 405 Å². The summed E-state index contributed by atoms with van der Waals surface area (Å²) >= 11 is 1.32. The molecular formula is C73H93N14O15PS. The number of nitrogens with zero attached hydrogens (tertiary/aromatic N) is 8. The van der Waals surface area contributed by atoms with E-state index in [2.05, 4.69) is 45.1 Å². The third-order valence-corrected chi connectivity index (χ3v) is 22.5. The van der Waals surface area contributed by atoms with Gasteiger partial charge in [0.2, 0.25) is 17.7 Å². The minimum Gasteiger partial charge on any atom is -0.476 e. The highest BCUT2D eigenvalue weighted by Gasteiger charge is 2.67. The molecule has 0 radical (unpaired) electrons. The standard InChI is InChI=1S/C73H93N14O15PS/c1-45(2)60(80-57(88)17-7-6-8-30-85-58(89)24-25-59(85)90)65(93)78-54(15-10-27-74)64(92)77-49-20-18-47(19-21-49)37-101-69(97)83(29-12-34-103(98,99)100)32-33-102-73-41-70(4)38-71(5,42-73)40-72(39-70,43-73)44-87-46(3)52(36-86(87)67(75)96)50-22-23-56(79-61(50)66(94)95)84-31-26-48-13-9-14-51(53(48)35-84)63(91)82-68-81-62-55(104-68)16-11-28-76-62/h9,11,13-14,16,18-25,28,45,54,60H,6-8,10,12,15,17,26-27,29-44,74H2,1-5H3,(H2,75,96)(H,77,92)(H,78,93)(H,80,88)(H,94,95)(H2,98,99,100)(H,76,81,82,91)/t54-,60-,70?,71?,72?,73?/m0/s1. The van der Waals surface area contributed by atoms with E-state index in [1.165, 1.54) is 33.4 Å². The minimum absolute atomic E-state index is 0.00282. The van der Waals surface area contributed by atoms with Gasteiger partial charge < -0.3 is 61.6 Å². The van der Waals surface area contributed by atoms with Gasteiger partial charge in [0.25, 0.3) is 17.7 Å². The molecule has 4 bridgehead atoms. The number of hydrogen-bond donors (Lipinski definition) is 9. The van der Waals surface area contributed by atoms with Crippen molar-refractivity contribution >= 4 is 105 Å². The van der Waals surface area contributed by atoms with Crippen molar-refractivity contribution in [2.45, 2.75) is 155 Å². The van der Waals surface area contributed by atoms with Crippen LogP contribution in [0.1, 0.15) is 161 Å². The summed E-state index contributed by atoms with van der Waals surface area (Å²) in [5.74, 6) is -3.67. The summed E-state index contributed by atoms with van der Waals surface area (Å²) in [5.41, 5.74) is 15.7. The van der Waals surface area contributed by atoms with Crippen molar-refractivity contribution in [1.82, 2.24) is 45.4 Å². The van der Waals surface area contributed by atoms with Crippen LogP contribution in [0.15, 0.2) is 90.8 Å². The molecule has 5 aromatic rings. The Hall–Kier alpha value is -9.19. The molecule has 9 amide bonds. The van der Waals surface area contributed by atoms with Crippen molar-refractivity contribution in [3.8, 4) is 0 Å². The van der Waals surface area contributed by atoms with Gasteiger partial charge in [-0.05, 0) is 172 Å². The molecule has 7 aliphatic rings. The van der Waals surface area contributed by atoms with Crippen molar-refractivity contribution in [3.05, 3.63) is 124 Å². The number of allylic oxidation sites excluding steroid dienone is 1. The fourth-order valence-electron chi connectivity index (χ4n) is 17.1. The molecule has 556 valence electrons. The average molecular weight is 1470 g/mol. The molecule has 3 aromatic heterocycles. The lowest BCUT2D eigenvalue weighted by Crippen LogP contribution is -2.66. The van der Waals surface area contributed by atoms with E-state index in [1.54, 1.807) is 62.5 Å². The zero-order valence-corrected chi connectivity index (χ0v) is 61.0. The number of carboxylic acid groups (broad SMARTS) is 1. The van der Waals surface area contributed by atoms with Crippen molar-refractivity contribution < 1.29 is 72.1 Å². The number of nitrogens with two attached hydrogens (primary N) is 2. The smallest absolute Gasteiger partial charge is 0.410 e. The Morgan fingerprint density at radius 3 is 2.24 bits per heavy atom. The Balaban J connectivity index is 0.713. The number of anilines is 3. The van der Waals surface area contributed by atoms with E-state index in [1.807, 2.05) is 41.1 Å². The number of primary amides is 1. The van der Waals surface area contributed by atoms with E-state index in [0.29, 0.717) is 102 Å². The van der Waals surface area contributed by atoms with Crippen LogP contribution in [0.2, 0.25) is 0 Å². The van der Waals surface area contributed by atoms with Gasteiger partial charge in [-0.15, -0.1) is 0 Å². The van der Waals surface area contributed by atoms with Gasteiger partial charge in [0.15, 0.2) is 16.5 Å². The van der Waals surface area contributed by atoms with Crippen LogP contribution >= 0.6 is 18.9 Å². The SMILES string of the molecule is CC1=C(c2ccc(N3CCc4cccc(C(=O)Nc5nc6ncccc6s5)c4C3)nc2C(=O)O)CN(C(N)=O)N1CC12CC3(C)CC(C)(C1)CC(OCCN(CCCP(=O)(O)O)C(=O)OCc1ccc(NC(=O)[C@H](CCCN)NC(=O)[C@@H](NC(=O)CCCCCN4C(=O)C=CC4=O)C(C)C)cc1)(C3)C2. The Morgan fingerprint density at radius 2 is 1.56 bits per heavy atom. The number of fused-ring (bicyclic) bond motifs is 2. The number of amides is 9. The van der Waals surface area contributed by atoms with Gasteiger partial charge in [0.05, 0.1) is 29.6 Å². The summed E-state index contributed by atoms with van der Waals surface area (Å²) in [4.78, 5) is 157. The number of hydrogen-bond acceptors (Lipinski definition) is 19. The van der Waals surface area contributed by atoms with E-state index in [4.69, 9.17) is 25.9 Å². The molecule has 3 aliphatic heterocycles. The summed E-state index contributed by atoms with van der Waals surface area (Å²) in [6.45, 7) is 11.5. The highest BCUT2D eigenvalue weighted by atomic mass is 32.1. The number of ether oxygens (including phenoxy) is 2. The minimum atomic E-state index is -4.43. The molecule has 4 saturated carbocycles. The Morgan fingerprint density at radius 1 is 0.817 bits per heavy atom. The van der Waals surface area contributed by atoms with Crippen LogP contribution < -0.4 is 37.6 Å². The fraction of sp³-hybridized carbons (Fsp3) is 0.507. The molecule has 6 heterocycles. The lowest BCUT2D eigenvalue weighted by molar-refractivity contribution is -0.250. The van der Waals surface area contributed by atoms with Crippen LogP contribution in [0.5, 0.6) is 0 Å². The van der Waals surface area contributed by atoms with Crippen molar-refractivity contribution in [2.24, 2.45) is 33.6 Å². The van der Waals surface area contributed by atoms with E-state index in [-0.39, 0.29) is 118 Å². The number of urea groups is 1. The number of nitrogens with one attached hydrogen (secondary N) is 4. The molecule has 12 rings (SSSR count). The average Bonchev–Trinajstić information content (AvgIpc) is 0.780. The molecule has 11 N–H and O–H groups in total. The monoisotopic (exact) mass is 1470 g/mol. The number of carbonyl (C=O) groups is 9. The van der Waals surface area contributed by atoms with Gasteiger partial charge >= 0.3 is 25.7 Å². The van der Waals surface area contributed by atoms with E-state index in [9.17, 15) is 62.6 Å². The number of carbonyl (C=O) groups excluding carboxylic acids is 8. The summed E-state index contributed by atoms with van der Waals surface area (Å²) in [6.07, 6.45) is 10.4. The maximum atomic E-state index is 14.0. The van der Waals surface area contributed by atoms with Crippen LogP contribution in [-0.2, 0) is 57.6 Å². The number of aromatic carboxylic acids is 1. The first-order chi connectivity index (χ1) is 49.4. The highest BCUT2D eigenvalue weighted by molar-refractivity contribution is 7.51. The third-order valence-electron chi connectivity index (χ3n) is 20.7. The van der Waals surface area contributed by atoms with Crippen molar-refractivity contribution in [1.29, 1.82) is 0 Å². The van der Waals surface area contributed by atoms with Crippen LogP contribution in [0, 0.1) is 22.2 Å². The molecule has 31 heteroatoms. The lowest BCUT2D eigenvalue weighted by atomic mass is 9.39. The Bertz CT molecular complexity index is 4190. The van der Waals surface area contributed by atoms with Crippen LogP contribution in [0.25, 0.3) is 15.9 Å². The number of unbranched alkanes of at least 4 members (excludes halogenated alkanes) is 2. The van der Waals surface area contributed by atoms with Gasteiger partial charge in [-0.2, -0.15) is 4.98 Å². The van der Waals surface area contributed by atoms with Gasteiger partial charge in [0, 0.05) is 92.1 Å². The molecular weight excluding hydrogens is 1380 g/mol. The highest BCUT2D eigenvalue weighted by Crippen LogP contribution is 2.72. The molecule has 29 nitrogen and oxygen atoms in total. The third kappa shape index (κ3) is 17.9. The number of pyridine rings is 2. The van der Waals surface area contributed by atoms with Crippen molar-refractivity contribution in [3.63, 3.8) is 0 Å². The first-order valence-electron chi connectivity index (χ1n) is 35.4. The lowest BCUT2D eigenvalue weighted by Gasteiger charge is -2.69. The maximum absolute atomic E-state index is 14.0. The molecule has 4 atom stereocenters. The van der Waals surface area contributed by atoms with Crippen LogP contribution in [-0.4, -0.2) is 179 Å². The molecule has 4 aliphatic carbocycles. The second kappa shape index (κ2) is 31.6. The van der Waals surface area contributed by atoms with E-state index >= 15 is 0 Å². The summed E-state index contributed by atoms with van der Waals surface area (Å²) in [5, 5.41) is 26.0. The predicted molar refractivity (Wildman–Crippen MR) is 388 cm³/mol. The second-order valence-electron chi connectivity index (χ2n) is 29.7. The molecule has 0 spiro atoms. The molecule has 0 saturated heterocycles. The Kier molecular flexibility index (Phi) is 23.1. The van der Waals surface area contributed by atoms with Crippen LogP contribution in [0.4, 0.5) is 26.2 Å². The molecule has 2 aromatic carbocycles. The van der Waals surface area contributed by atoms with Gasteiger partial charge in [-0.3, -0.25) is 48.6 Å². The molecule has 2 unspecified atom stereocenters. The summed E-state index contributed by atoms with van der Waals surface area (Å²) < 4.78 is 25.8. The Labute approximate surface area is 607 Å². The predicted octanol–water partition coefficient (Wildman–Crippen LogP) is 8.07. The number of imide groups is 1. The molecule has 104 heavy (non-hydrogen) atoms. The van der Waals surface area contributed by atoms with Gasteiger partial charge in [-0.25, -0.2) is 29.4 Å². The number of carboxylic acids is 1. The fourth-order valence-corrected chi connectivity index (χ4v) is 18.5. The van der Waals surface area contributed by atoms with Gasteiger partial charge in [-0.1, -0.05) is 69.7 Å². The first-order valence-corrected chi connectivity index (χ1v) is 38.1. The number of hydrazine groups is 1. The van der Waals surface area contributed by atoms with E-state index in [0.717, 1.165) is 52.8 Å². The summed E-state index contributed by atoms with van der Waals surface area (Å²) in [7, 11) is -4.43. The van der Waals surface area contributed by atoms with Crippen molar-refractivity contribution in [2.75, 3.05) is 74.1 Å². The van der Waals surface area contributed by atoms with Gasteiger partial charge in [0.1, 0.15) is 24.5 Å². The summed E-state index contributed by atoms with van der Waals surface area (Å²) in [6, 6.07) is 16.6. The maximum Gasteiger partial charge on any atom is 0.410 e. The second-order valence-corrected chi connectivity index (χ2v) is 32.5. The first kappa shape index (κ1) is 76.0. The largest absolute Gasteiger partial charge is 0.476 e. The zero-order valence-electron chi connectivity index (χ0n) is 59.3. The number of thiazole rings is 1. The van der Waals surface area contributed by atoms with E-state index < -0.39 is 66.8 Å². The quantitative estimate of drug-likeness (QED) is 0.0112. The number of benzene rings is 2.